The Morgan fingerprint density at radius 1 is 1.11 bits per heavy atom. The third-order valence-corrected chi connectivity index (χ3v) is 6.55. The number of fused-ring (bicyclic) bond motifs is 2. The number of carbonyl (C=O) groups is 1. The number of benzene rings is 2. The molecule has 0 radical (unpaired) electrons. The van der Waals surface area contributed by atoms with Gasteiger partial charge in [-0.2, -0.15) is 0 Å². The molecule has 0 aliphatic rings. The molecular weight excluding hydrogens is 508 g/mol. The van der Waals surface area contributed by atoms with Gasteiger partial charge in [0.1, 0.15) is 35.7 Å². The molecule has 1 N–H and O–H groups in total. The zero-order valence-corrected chi connectivity index (χ0v) is 21.1. The summed E-state index contributed by atoms with van der Waals surface area (Å²) in [5.41, 5.74) is 3.10. The van der Waals surface area contributed by atoms with Gasteiger partial charge in [0.15, 0.2) is 5.76 Å². The molecule has 38 heavy (non-hydrogen) atoms. The molecule has 0 bridgehead atoms. The second-order valence-electron chi connectivity index (χ2n) is 8.14. The number of carbonyl (C=O) groups excluding carboxylic acids is 1. The zero-order chi connectivity index (χ0) is 26.1. The molecular formula is C26H20N6O5S. The van der Waals surface area contributed by atoms with Crippen LogP contribution in [0.3, 0.4) is 0 Å². The summed E-state index contributed by atoms with van der Waals surface area (Å²) in [5.74, 6) is 1.46. The van der Waals surface area contributed by atoms with Crippen LogP contribution in [0.1, 0.15) is 15.9 Å². The molecule has 0 aliphatic heterocycles. The fraction of sp³-hybridized carbons (Fsp3) is 0.115. The number of furan rings is 1. The van der Waals surface area contributed by atoms with Crippen molar-refractivity contribution in [3.63, 3.8) is 0 Å². The number of hydrogen-bond donors (Lipinski definition) is 1. The highest BCUT2D eigenvalue weighted by atomic mass is 32.1. The number of nitrogens with one attached hydrogen (secondary N) is 1. The predicted molar refractivity (Wildman–Crippen MR) is 140 cm³/mol. The van der Waals surface area contributed by atoms with Crippen LogP contribution in [0.4, 0.5) is 5.69 Å². The minimum atomic E-state index is -0.295. The van der Waals surface area contributed by atoms with Crippen molar-refractivity contribution in [2.24, 2.45) is 0 Å². The Morgan fingerprint density at radius 2 is 1.97 bits per heavy atom. The van der Waals surface area contributed by atoms with E-state index in [4.69, 9.17) is 18.6 Å². The molecule has 12 heteroatoms. The summed E-state index contributed by atoms with van der Waals surface area (Å²) >= 11 is 1.34. The van der Waals surface area contributed by atoms with Gasteiger partial charge in [-0.25, -0.2) is 19.5 Å². The van der Waals surface area contributed by atoms with E-state index >= 15 is 0 Å². The molecule has 4 heterocycles. The van der Waals surface area contributed by atoms with Gasteiger partial charge < -0.3 is 23.9 Å². The van der Waals surface area contributed by atoms with Crippen LogP contribution < -0.4 is 19.5 Å². The molecule has 190 valence electrons. The van der Waals surface area contributed by atoms with E-state index in [1.807, 2.05) is 24.3 Å². The Morgan fingerprint density at radius 3 is 2.76 bits per heavy atom. The fourth-order valence-corrected chi connectivity index (χ4v) is 4.55. The highest BCUT2D eigenvalue weighted by Gasteiger charge is 2.17. The third kappa shape index (κ3) is 4.60. The highest BCUT2D eigenvalue weighted by molar-refractivity contribution is 7.18. The summed E-state index contributed by atoms with van der Waals surface area (Å²) in [7, 11) is 3.15. The van der Waals surface area contributed by atoms with Crippen LogP contribution in [-0.4, -0.2) is 44.7 Å². The van der Waals surface area contributed by atoms with Gasteiger partial charge in [0, 0.05) is 30.2 Å². The summed E-state index contributed by atoms with van der Waals surface area (Å²) in [6, 6.07) is 12.9. The van der Waals surface area contributed by atoms with Crippen LogP contribution in [-0.2, 0) is 6.61 Å². The lowest BCUT2D eigenvalue weighted by atomic mass is 10.2. The van der Waals surface area contributed by atoms with E-state index in [-0.39, 0.29) is 12.5 Å². The van der Waals surface area contributed by atoms with Crippen molar-refractivity contribution in [1.29, 1.82) is 0 Å². The molecule has 6 aromatic rings. The number of anilines is 1. The summed E-state index contributed by atoms with van der Waals surface area (Å²) in [5, 5.41) is 8.47. The Labute approximate surface area is 219 Å². The minimum absolute atomic E-state index is 0.255. The minimum Gasteiger partial charge on any atom is -0.496 e. The van der Waals surface area contributed by atoms with Crippen molar-refractivity contribution < 1.29 is 23.4 Å². The maximum Gasteiger partial charge on any atom is 0.294 e. The lowest BCUT2D eigenvalue weighted by molar-refractivity contribution is 0.102. The molecule has 4 aromatic heterocycles. The van der Waals surface area contributed by atoms with Gasteiger partial charge in [0.2, 0.25) is 4.96 Å². The number of imidazole rings is 1. The second kappa shape index (κ2) is 9.82. The number of aromatic nitrogens is 5. The van der Waals surface area contributed by atoms with Crippen molar-refractivity contribution >= 4 is 38.9 Å². The molecule has 1 amide bonds. The average molecular weight is 529 g/mol. The zero-order valence-electron chi connectivity index (χ0n) is 20.2. The van der Waals surface area contributed by atoms with Crippen molar-refractivity contribution in [2.45, 2.75) is 6.61 Å². The number of rotatable bonds is 8. The SMILES string of the molecule is COc1cc(OCc2cccc(NC(=O)c3cncnc3)c2)c2cc(-c3cn4nc(OC)sc4n3)oc2c1. The molecule has 0 spiro atoms. The number of hydrogen-bond acceptors (Lipinski definition) is 10. The van der Waals surface area contributed by atoms with Gasteiger partial charge in [-0.3, -0.25) is 4.79 Å². The first kappa shape index (κ1) is 23.4. The lowest BCUT2D eigenvalue weighted by Crippen LogP contribution is -2.12. The Kier molecular flexibility index (Phi) is 6.06. The van der Waals surface area contributed by atoms with E-state index in [1.165, 1.54) is 30.1 Å². The Bertz CT molecular complexity index is 1730. The van der Waals surface area contributed by atoms with Gasteiger partial charge in [-0.1, -0.05) is 12.1 Å². The fourth-order valence-electron chi connectivity index (χ4n) is 3.85. The first-order valence-electron chi connectivity index (χ1n) is 11.4. The first-order chi connectivity index (χ1) is 18.6. The molecule has 2 aromatic carbocycles. The predicted octanol–water partition coefficient (Wildman–Crippen LogP) is 4.84. The largest absolute Gasteiger partial charge is 0.496 e. The summed E-state index contributed by atoms with van der Waals surface area (Å²) in [6.45, 7) is 0.255. The van der Waals surface area contributed by atoms with Crippen molar-refractivity contribution in [3.8, 4) is 28.1 Å². The smallest absolute Gasteiger partial charge is 0.294 e. The van der Waals surface area contributed by atoms with E-state index < -0.39 is 0 Å². The van der Waals surface area contributed by atoms with Crippen LogP contribution in [0, 0.1) is 0 Å². The maximum absolute atomic E-state index is 12.5. The van der Waals surface area contributed by atoms with Crippen LogP contribution >= 0.6 is 11.3 Å². The highest BCUT2D eigenvalue weighted by Crippen LogP contribution is 2.37. The Balaban J connectivity index is 1.24. The topological polar surface area (TPSA) is 126 Å². The molecule has 0 atom stereocenters. The van der Waals surface area contributed by atoms with Crippen LogP contribution in [0.25, 0.3) is 27.4 Å². The molecule has 11 nitrogen and oxygen atoms in total. The second-order valence-corrected chi connectivity index (χ2v) is 9.06. The van der Waals surface area contributed by atoms with Crippen LogP contribution in [0.5, 0.6) is 16.7 Å². The lowest BCUT2D eigenvalue weighted by Gasteiger charge is -2.11. The van der Waals surface area contributed by atoms with E-state index in [2.05, 4.69) is 25.4 Å². The molecule has 6 rings (SSSR count). The van der Waals surface area contributed by atoms with Crippen LogP contribution in [0.2, 0.25) is 0 Å². The van der Waals surface area contributed by atoms with E-state index in [1.54, 1.807) is 43.1 Å². The van der Waals surface area contributed by atoms with Gasteiger partial charge >= 0.3 is 0 Å². The standard InChI is InChI=1S/C26H20N6O5S/c1-34-18-7-21(36-13-15-4-3-5-17(6-15)29-24(33)16-10-27-14-28-11-16)19-9-23(37-22(19)8-18)20-12-32-25(30-20)38-26(31-32)35-2/h3-12,14H,13H2,1-2H3,(H,29,33). The molecule has 0 saturated carbocycles. The normalized spacial score (nSPS) is 11.1. The molecule has 0 aliphatic carbocycles. The van der Waals surface area contributed by atoms with Crippen molar-refractivity contribution in [3.05, 3.63) is 78.5 Å². The van der Waals surface area contributed by atoms with Crippen molar-refractivity contribution in [1.82, 2.24) is 24.6 Å². The van der Waals surface area contributed by atoms with Gasteiger partial charge in [0.25, 0.3) is 11.1 Å². The monoisotopic (exact) mass is 528 g/mol. The average Bonchev–Trinajstić information content (AvgIpc) is 3.65. The van der Waals surface area contributed by atoms with E-state index in [9.17, 15) is 4.79 Å². The van der Waals surface area contributed by atoms with Crippen LogP contribution in [0.15, 0.2) is 71.8 Å². The van der Waals surface area contributed by atoms with E-state index in [0.29, 0.717) is 49.9 Å². The number of ether oxygens (including phenoxy) is 3. The van der Waals surface area contributed by atoms with Gasteiger partial charge in [-0.05, 0) is 35.1 Å². The number of methoxy groups -OCH3 is 2. The van der Waals surface area contributed by atoms with E-state index in [0.717, 1.165) is 10.9 Å². The third-order valence-electron chi connectivity index (χ3n) is 5.66. The van der Waals surface area contributed by atoms with Gasteiger partial charge in [0.05, 0.1) is 31.4 Å². The number of nitrogens with zero attached hydrogens (tertiary/aromatic N) is 5. The van der Waals surface area contributed by atoms with Gasteiger partial charge in [-0.15, -0.1) is 5.10 Å². The Hall–Kier alpha value is -4.97. The quantitative estimate of drug-likeness (QED) is 0.295. The molecule has 0 unspecified atom stereocenters. The molecule has 0 fully saturated rings. The summed E-state index contributed by atoms with van der Waals surface area (Å²) < 4.78 is 24.6. The first-order valence-corrected chi connectivity index (χ1v) is 12.2. The molecule has 0 saturated heterocycles. The summed E-state index contributed by atoms with van der Waals surface area (Å²) in [6.07, 6.45) is 6.08. The van der Waals surface area contributed by atoms with Crippen molar-refractivity contribution in [2.75, 3.05) is 19.5 Å². The number of amides is 1. The maximum atomic E-state index is 12.5. The summed E-state index contributed by atoms with van der Waals surface area (Å²) in [4.78, 5) is 25.5.